The van der Waals surface area contributed by atoms with Crippen LogP contribution in [0, 0.1) is 5.41 Å². The summed E-state index contributed by atoms with van der Waals surface area (Å²) in [5, 5.41) is 10.5. The van der Waals surface area contributed by atoms with Crippen molar-refractivity contribution in [3.8, 4) is 5.75 Å². The third-order valence-electron chi connectivity index (χ3n) is 6.25. The van der Waals surface area contributed by atoms with Crippen LogP contribution >= 0.6 is 0 Å². The predicted molar refractivity (Wildman–Crippen MR) is 100 cm³/mol. The zero-order chi connectivity index (χ0) is 18.6. The standard InChI is InChI=1S/C22H30O3/c1-7-25-18-11-16-15(10-14(18)13(2)3)17(23)12-19-21(4,5)20(24)8-9-22(16,19)6/h10-13,20,24H,7-9H2,1-6H3/t20-,22+/m0/s1. The number of ether oxygens (including phenoxy) is 1. The molecule has 1 aromatic carbocycles. The molecule has 3 rings (SSSR count). The number of aliphatic hydroxyl groups is 1. The van der Waals surface area contributed by atoms with Crippen LogP contribution in [-0.2, 0) is 5.41 Å². The number of benzene rings is 1. The second-order valence-electron chi connectivity index (χ2n) is 8.55. The maximum atomic E-state index is 12.9. The molecule has 0 aromatic heterocycles. The van der Waals surface area contributed by atoms with Crippen molar-refractivity contribution in [2.75, 3.05) is 6.61 Å². The second-order valence-corrected chi connectivity index (χ2v) is 8.55. The first-order valence-corrected chi connectivity index (χ1v) is 9.39. The molecule has 1 N–H and O–H groups in total. The molecule has 0 spiro atoms. The molecule has 0 unspecified atom stereocenters. The highest BCUT2D eigenvalue weighted by atomic mass is 16.5. The van der Waals surface area contributed by atoms with Crippen LogP contribution < -0.4 is 4.74 Å². The second kappa shape index (κ2) is 5.98. The van der Waals surface area contributed by atoms with E-state index in [-0.39, 0.29) is 11.2 Å². The highest BCUT2D eigenvalue weighted by Gasteiger charge is 2.50. The highest BCUT2D eigenvalue weighted by Crippen LogP contribution is 2.55. The van der Waals surface area contributed by atoms with Crippen molar-refractivity contribution in [2.24, 2.45) is 5.41 Å². The first kappa shape index (κ1) is 18.2. The molecule has 0 aliphatic heterocycles. The van der Waals surface area contributed by atoms with Gasteiger partial charge in [-0.2, -0.15) is 0 Å². The Morgan fingerprint density at radius 2 is 1.96 bits per heavy atom. The monoisotopic (exact) mass is 342 g/mol. The molecule has 25 heavy (non-hydrogen) atoms. The van der Waals surface area contributed by atoms with Gasteiger partial charge in [0.25, 0.3) is 0 Å². The van der Waals surface area contributed by atoms with E-state index in [1.54, 1.807) is 6.08 Å². The Morgan fingerprint density at radius 1 is 1.28 bits per heavy atom. The molecule has 3 nitrogen and oxygen atoms in total. The van der Waals surface area contributed by atoms with Crippen LogP contribution in [0.25, 0.3) is 0 Å². The Kier molecular flexibility index (Phi) is 4.35. The SMILES string of the molecule is CCOc1cc2c(cc1C(C)C)C(=O)C=C1C(C)(C)[C@@H](O)CC[C@@]12C. The van der Waals surface area contributed by atoms with Crippen molar-refractivity contribution < 1.29 is 14.6 Å². The van der Waals surface area contributed by atoms with Crippen LogP contribution in [0.15, 0.2) is 23.8 Å². The number of rotatable bonds is 3. The highest BCUT2D eigenvalue weighted by molar-refractivity contribution is 6.08. The number of hydrogen-bond donors (Lipinski definition) is 1. The minimum absolute atomic E-state index is 0.0506. The van der Waals surface area contributed by atoms with E-state index in [0.29, 0.717) is 12.5 Å². The number of carbonyl (C=O) groups excluding carboxylic acids is 1. The lowest BCUT2D eigenvalue weighted by atomic mass is 9.54. The Hall–Kier alpha value is -1.61. The average Bonchev–Trinajstić information content (AvgIpc) is 2.54. The van der Waals surface area contributed by atoms with Gasteiger partial charge in [-0.3, -0.25) is 4.79 Å². The van der Waals surface area contributed by atoms with Gasteiger partial charge in [0.05, 0.1) is 12.7 Å². The molecule has 1 saturated carbocycles. The zero-order valence-corrected chi connectivity index (χ0v) is 16.3. The lowest BCUT2D eigenvalue weighted by molar-refractivity contribution is 0.0285. The van der Waals surface area contributed by atoms with Crippen LogP contribution in [0.1, 0.15) is 81.8 Å². The summed E-state index contributed by atoms with van der Waals surface area (Å²) in [6.45, 7) is 13.2. The molecular weight excluding hydrogens is 312 g/mol. The smallest absolute Gasteiger partial charge is 0.186 e. The van der Waals surface area contributed by atoms with Crippen molar-refractivity contribution in [1.29, 1.82) is 0 Å². The Morgan fingerprint density at radius 3 is 2.56 bits per heavy atom. The Labute approximate surface area is 151 Å². The van der Waals surface area contributed by atoms with Crippen molar-refractivity contribution in [1.82, 2.24) is 0 Å². The van der Waals surface area contributed by atoms with E-state index in [4.69, 9.17) is 4.74 Å². The maximum Gasteiger partial charge on any atom is 0.186 e. The van der Waals surface area contributed by atoms with Crippen LogP contribution in [0.5, 0.6) is 5.75 Å². The topological polar surface area (TPSA) is 46.5 Å². The fraction of sp³-hybridized carbons (Fsp3) is 0.591. The number of ketones is 1. The summed E-state index contributed by atoms with van der Waals surface area (Å²) < 4.78 is 5.92. The molecule has 2 aliphatic rings. The molecule has 0 bridgehead atoms. The third-order valence-corrected chi connectivity index (χ3v) is 6.25. The lowest BCUT2D eigenvalue weighted by Crippen LogP contribution is -2.48. The van der Waals surface area contributed by atoms with Gasteiger partial charge in [-0.05, 0) is 60.6 Å². The molecule has 3 heteroatoms. The molecule has 0 heterocycles. The summed E-state index contributed by atoms with van der Waals surface area (Å²) in [5.41, 5.74) is 3.37. The lowest BCUT2D eigenvalue weighted by Gasteiger charge is -2.51. The molecule has 0 radical (unpaired) electrons. The summed E-state index contributed by atoms with van der Waals surface area (Å²) in [6, 6.07) is 4.12. The molecular formula is C22H30O3. The number of allylic oxidation sites excluding steroid dienone is 1. The summed E-state index contributed by atoms with van der Waals surface area (Å²) in [6.07, 6.45) is 2.96. The van der Waals surface area contributed by atoms with E-state index in [2.05, 4.69) is 26.8 Å². The van der Waals surface area contributed by atoms with Gasteiger partial charge in [-0.25, -0.2) is 0 Å². The summed E-state index contributed by atoms with van der Waals surface area (Å²) in [7, 11) is 0. The molecule has 0 amide bonds. The van der Waals surface area contributed by atoms with E-state index < -0.39 is 11.5 Å². The fourth-order valence-electron chi connectivity index (χ4n) is 4.63. The van der Waals surface area contributed by atoms with Crippen LogP contribution in [-0.4, -0.2) is 23.6 Å². The fourth-order valence-corrected chi connectivity index (χ4v) is 4.63. The zero-order valence-electron chi connectivity index (χ0n) is 16.3. The van der Waals surface area contributed by atoms with E-state index >= 15 is 0 Å². The van der Waals surface area contributed by atoms with Crippen LogP contribution in [0.4, 0.5) is 0 Å². The van der Waals surface area contributed by atoms with Gasteiger partial charge in [0.2, 0.25) is 0 Å². The van der Waals surface area contributed by atoms with Crippen molar-refractivity contribution in [3.63, 3.8) is 0 Å². The van der Waals surface area contributed by atoms with E-state index in [1.807, 2.05) is 26.8 Å². The average molecular weight is 342 g/mol. The minimum atomic E-state index is -0.414. The molecule has 0 saturated heterocycles. The molecule has 2 aliphatic carbocycles. The Balaban J connectivity index is 2.24. The molecule has 1 fully saturated rings. The van der Waals surface area contributed by atoms with E-state index in [0.717, 1.165) is 40.9 Å². The van der Waals surface area contributed by atoms with Crippen molar-refractivity contribution in [3.05, 3.63) is 40.5 Å². The number of hydrogen-bond acceptors (Lipinski definition) is 3. The molecule has 2 atom stereocenters. The van der Waals surface area contributed by atoms with Gasteiger partial charge in [-0.15, -0.1) is 0 Å². The molecule has 1 aromatic rings. The third kappa shape index (κ3) is 2.64. The van der Waals surface area contributed by atoms with Gasteiger partial charge in [0.1, 0.15) is 5.75 Å². The first-order valence-electron chi connectivity index (χ1n) is 9.39. The quantitative estimate of drug-likeness (QED) is 0.860. The number of fused-ring (bicyclic) bond motifs is 3. The van der Waals surface area contributed by atoms with Gasteiger partial charge in [0, 0.05) is 16.4 Å². The summed E-state index contributed by atoms with van der Waals surface area (Å²) in [5.74, 6) is 1.23. The van der Waals surface area contributed by atoms with E-state index in [1.165, 1.54) is 0 Å². The maximum absolute atomic E-state index is 12.9. The largest absolute Gasteiger partial charge is 0.494 e. The van der Waals surface area contributed by atoms with Gasteiger partial charge < -0.3 is 9.84 Å². The van der Waals surface area contributed by atoms with E-state index in [9.17, 15) is 9.90 Å². The number of carbonyl (C=O) groups is 1. The Bertz CT molecular complexity index is 742. The minimum Gasteiger partial charge on any atom is -0.494 e. The van der Waals surface area contributed by atoms with Gasteiger partial charge in [0.15, 0.2) is 5.78 Å². The van der Waals surface area contributed by atoms with Crippen molar-refractivity contribution >= 4 is 5.78 Å². The summed E-state index contributed by atoms with van der Waals surface area (Å²) >= 11 is 0. The normalized spacial score (nSPS) is 27.6. The summed E-state index contributed by atoms with van der Waals surface area (Å²) in [4.78, 5) is 12.9. The van der Waals surface area contributed by atoms with Gasteiger partial charge >= 0.3 is 0 Å². The predicted octanol–water partition coefficient (Wildman–Crippen LogP) is 4.77. The van der Waals surface area contributed by atoms with Gasteiger partial charge in [-0.1, -0.05) is 34.6 Å². The van der Waals surface area contributed by atoms with Crippen molar-refractivity contribution in [2.45, 2.75) is 71.8 Å². The molecule has 136 valence electrons. The van der Waals surface area contributed by atoms with Crippen LogP contribution in [0.3, 0.4) is 0 Å². The first-order chi connectivity index (χ1) is 11.6. The number of aliphatic hydroxyl groups excluding tert-OH is 1. The van der Waals surface area contributed by atoms with Crippen LogP contribution in [0.2, 0.25) is 0 Å².